The second-order valence-corrected chi connectivity index (χ2v) is 12.3. The van der Waals surface area contributed by atoms with Crippen molar-refractivity contribution in [3.8, 4) is 0 Å². The molecule has 4 aromatic rings. The molecule has 8 nitrogen and oxygen atoms in total. The van der Waals surface area contributed by atoms with Gasteiger partial charge in [-0.2, -0.15) is 0 Å². The van der Waals surface area contributed by atoms with Gasteiger partial charge in [-0.15, -0.1) is 0 Å². The van der Waals surface area contributed by atoms with Gasteiger partial charge < -0.3 is 24.9 Å². The van der Waals surface area contributed by atoms with E-state index in [1.165, 1.54) is 12.7 Å². The third-order valence-corrected chi connectivity index (χ3v) is 8.25. The topological polar surface area (TPSA) is 119 Å². The van der Waals surface area contributed by atoms with Crippen LogP contribution in [0.25, 0.3) is 11.2 Å². The lowest BCUT2D eigenvalue weighted by Crippen LogP contribution is -2.59. The van der Waals surface area contributed by atoms with Crippen LogP contribution in [0.15, 0.2) is 73.3 Å². The standard InChI is InChI=1S/C26H32N5O3Si/c1-24(2,3)15-26(32,33)25(4,31-18-30-21-22(27)28-17-29-23(21)31)16-34-35(19-11-7-5-8-12-19)20-13-9-6-10-14-20/h5-14,17-18,32-33H,15-16H2,1-4H3,(H2,27,28,29). The van der Waals surface area contributed by atoms with E-state index >= 15 is 0 Å². The quantitative estimate of drug-likeness (QED) is 0.255. The van der Waals surface area contributed by atoms with Crippen LogP contribution in [-0.2, 0) is 9.96 Å². The Bertz CT molecular complexity index is 1240. The van der Waals surface area contributed by atoms with Gasteiger partial charge in [-0.05, 0) is 22.7 Å². The average molecular weight is 491 g/mol. The number of nitrogen functional groups attached to an aromatic ring is 1. The Kier molecular flexibility index (Phi) is 6.78. The van der Waals surface area contributed by atoms with Crippen molar-refractivity contribution in [3.05, 3.63) is 73.3 Å². The molecule has 0 amide bonds. The van der Waals surface area contributed by atoms with Gasteiger partial charge in [0.2, 0.25) is 0 Å². The Morgan fingerprint density at radius 2 is 1.46 bits per heavy atom. The summed E-state index contributed by atoms with van der Waals surface area (Å²) >= 11 is 0. The van der Waals surface area contributed by atoms with E-state index in [0.29, 0.717) is 11.2 Å². The van der Waals surface area contributed by atoms with E-state index in [1.54, 1.807) is 11.5 Å². The summed E-state index contributed by atoms with van der Waals surface area (Å²) in [4.78, 5) is 12.8. The molecule has 4 N–H and O–H groups in total. The number of nitrogens with zero attached hydrogens (tertiary/aromatic N) is 4. The Hall–Kier alpha value is -3.11. The number of imidazole rings is 1. The van der Waals surface area contributed by atoms with Crippen molar-refractivity contribution in [2.24, 2.45) is 5.41 Å². The maximum absolute atomic E-state index is 11.6. The zero-order valence-corrected chi connectivity index (χ0v) is 21.5. The van der Waals surface area contributed by atoms with Gasteiger partial charge in [-0.1, -0.05) is 81.4 Å². The predicted molar refractivity (Wildman–Crippen MR) is 138 cm³/mol. The largest absolute Gasteiger partial charge is 0.405 e. The minimum atomic E-state index is -2.15. The molecule has 0 spiro atoms. The summed E-state index contributed by atoms with van der Waals surface area (Å²) in [5, 5.41) is 25.3. The van der Waals surface area contributed by atoms with Gasteiger partial charge in [0.1, 0.15) is 17.4 Å². The summed E-state index contributed by atoms with van der Waals surface area (Å²) in [7, 11) is -1.70. The van der Waals surface area contributed by atoms with Crippen molar-refractivity contribution in [1.82, 2.24) is 19.5 Å². The number of hydrogen-bond acceptors (Lipinski definition) is 7. The molecule has 0 aliphatic carbocycles. The zero-order valence-electron chi connectivity index (χ0n) is 20.5. The first kappa shape index (κ1) is 25.0. The van der Waals surface area contributed by atoms with Crippen molar-refractivity contribution in [3.63, 3.8) is 0 Å². The summed E-state index contributed by atoms with van der Waals surface area (Å²) in [6.07, 6.45) is 2.97. The van der Waals surface area contributed by atoms with Crippen molar-refractivity contribution >= 4 is 36.4 Å². The van der Waals surface area contributed by atoms with Crippen LogP contribution >= 0.6 is 0 Å². The molecule has 35 heavy (non-hydrogen) atoms. The first-order chi connectivity index (χ1) is 16.5. The summed E-state index contributed by atoms with van der Waals surface area (Å²) in [6.45, 7) is 7.65. The first-order valence-corrected chi connectivity index (χ1v) is 12.9. The fraction of sp³-hybridized carbons (Fsp3) is 0.346. The number of nitrogens with two attached hydrogens (primary N) is 1. The molecule has 0 fully saturated rings. The first-order valence-electron chi connectivity index (χ1n) is 11.5. The normalized spacial score (nSPS) is 14.4. The monoisotopic (exact) mass is 490 g/mol. The Balaban J connectivity index is 1.80. The Morgan fingerprint density at radius 1 is 0.886 bits per heavy atom. The highest BCUT2D eigenvalue weighted by Crippen LogP contribution is 2.39. The Labute approximate surface area is 207 Å². The molecular weight excluding hydrogens is 458 g/mol. The van der Waals surface area contributed by atoms with Crippen molar-refractivity contribution in [1.29, 1.82) is 0 Å². The summed E-state index contributed by atoms with van der Waals surface area (Å²) in [5.74, 6) is -1.92. The smallest absolute Gasteiger partial charge is 0.283 e. The molecule has 0 saturated heterocycles. The second-order valence-electron chi connectivity index (χ2n) is 10.2. The van der Waals surface area contributed by atoms with E-state index in [9.17, 15) is 10.2 Å². The lowest BCUT2D eigenvalue weighted by Gasteiger charge is -2.45. The molecule has 4 rings (SSSR count). The highest BCUT2D eigenvalue weighted by atomic mass is 28.3. The molecule has 1 atom stereocenters. The number of benzene rings is 2. The molecule has 183 valence electrons. The van der Waals surface area contributed by atoms with Crippen molar-refractivity contribution in [2.45, 2.75) is 45.4 Å². The lowest BCUT2D eigenvalue weighted by atomic mass is 9.79. The third kappa shape index (κ3) is 5.13. The SMILES string of the molecule is CC(C)(C)CC(O)(O)C(C)(CO[Si](c1ccccc1)c1ccccc1)n1cnc2c(N)ncnc21. The van der Waals surface area contributed by atoms with Crippen LogP contribution < -0.4 is 16.1 Å². The van der Waals surface area contributed by atoms with Gasteiger partial charge in [0, 0.05) is 6.42 Å². The average Bonchev–Trinajstić information content (AvgIpc) is 3.25. The van der Waals surface area contributed by atoms with E-state index in [4.69, 9.17) is 10.2 Å². The molecule has 1 radical (unpaired) electrons. The van der Waals surface area contributed by atoms with Crippen LogP contribution in [0.1, 0.15) is 34.1 Å². The van der Waals surface area contributed by atoms with E-state index in [0.717, 1.165) is 10.4 Å². The van der Waals surface area contributed by atoms with Crippen LogP contribution in [0.3, 0.4) is 0 Å². The minimum absolute atomic E-state index is 0.00350. The number of anilines is 1. The Morgan fingerprint density at radius 3 is 2.00 bits per heavy atom. The van der Waals surface area contributed by atoms with Gasteiger partial charge in [0.25, 0.3) is 9.04 Å². The highest BCUT2D eigenvalue weighted by Gasteiger charge is 2.51. The van der Waals surface area contributed by atoms with Gasteiger partial charge in [0.05, 0.1) is 12.9 Å². The van der Waals surface area contributed by atoms with E-state index in [2.05, 4.69) is 15.0 Å². The highest BCUT2D eigenvalue weighted by molar-refractivity contribution is 6.80. The second kappa shape index (κ2) is 9.50. The maximum Gasteiger partial charge on any atom is 0.283 e. The van der Waals surface area contributed by atoms with E-state index in [-0.39, 0.29) is 24.3 Å². The molecule has 0 saturated carbocycles. The predicted octanol–water partition coefficient (Wildman–Crippen LogP) is 2.06. The lowest BCUT2D eigenvalue weighted by molar-refractivity contribution is -0.251. The van der Waals surface area contributed by atoms with E-state index in [1.807, 2.05) is 81.4 Å². The number of fused-ring (bicyclic) bond motifs is 1. The van der Waals surface area contributed by atoms with Gasteiger partial charge >= 0.3 is 0 Å². The molecule has 1 unspecified atom stereocenters. The van der Waals surface area contributed by atoms with Crippen LogP contribution in [0.5, 0.6) is 0 Å². The molecule has 0 bridgehead atoms. The molecular formula is C26H32N5O3Si. The van der Waals surface area contributed by atoms with Crippen molar-refractivity contribution in [2.75, 3.05) is 12.3 Å². The molecule has 9 heteroatoms. The third-order valence-electron chi connectivity index (χ3n) is 6.10. The van der Waals surface area contributed by atoms with Crippen LogP contribution in [0.4, 0.5) is 5.82 Å². The molecule has 2 aromatic carbocycles. The van der Waals surface area contributed by atoms with Crippen molar-refractivity contribution < 1.29 is 14.6 Å². The van der Waals surface area contributed by atoms with Crippen LogP contribution in [-0.4, -0.2) is 51.2 Å². The van der Waals surface area contributed by atoms with Crippen LogP contribution in [0, 0.1) is 5.41 Å². The van der Waals surface area contributed by atoms with Crippen LogP contribution in [0.2, 0.25) is 0 Å². The van der Waals surface area contributed by atoms with Gasteiger partial charge in [-0.3, -0.25) is 0 Å². The zero-order chi connectivity index (χ0) is 25.3. The molecule has 0 aliphatic rings. The molecule has 2 aromatic heterocycles. The van der Waals surface area contributed by atoms with E-state index < -0.39 is 20.4 Å². The fourth-order valence-electron chi connectivity index (χ4n) is 4.25. The summed E-state index contributed by atoms with van der Waals surface area (Å²) in [5.41, 5.74) is 5.13. The van der Waals surface area contributed by atoms with Gasteiger partial charge in [-0.25, -0.2) is 15.0 Å². The number of rotatable bonds is 8. The summed E-state index contributed by atoms with van der Waals surface area (Å²) < 4.78 is 8.30. The number of hydrogen-bond donors (Lipinski definition) is 3. The minimum Gasteiger partial charge on any atom is -0.405 e. The molecule has 0 aliphatic heterocycles. The molecule has 2 heterocycles. The summed E-state index contributed by atoms with van der Waals surface area (Å²) in [6, 6.07) is 20.0. The maximum atomic E-state index is 11.6. The number of aliphatic hydroxyl groups is 2. The fourth-order valence-corrected chi connectivity index (χ4v) is 6.33. The number of aromatic nitrogens is 4. The van der Waals surface area contributed by atoms with Gasteiger partial charge in [0.15, 0.2) is 17.3 Å².